The first-order valence-electron chi connectivity index (χ1n) is 5.78. The van der Waals surface area contributed by atoms with Gasteiger partial charge in [-0.3, -0.25) is 0 Å². The molecule has 0 aliphatic rings. The van der Waals surface area contributed by atoms with Gasteiger partial charge < -0.3 is 0 Å². The third-order valence-corrected chi connectivity index (χ3v) is 2.97. The van der Waals surface area contributed by atoms with E-state index in [0.717, 1.165) is 22.2 Å². The summed E-state index contributed by atoms with van der Waals surface area (Å²) in [6, 6.07) is 18.1. The van der Waals surface area contributed by atoms with Crippen molar-refractivity contribution in [2.24, 2.45) is 0 Å². The van der Waals surface area contributed by atoms with E-state index in [1.54, 1.807) is 0 Å². The van der Waals surface area contributed by atoms with Crippen molar-refractivity contribution < 1.29 is 0 Å². The summed E-state index contributed by atoms with van der Waals surface area (Å²) >= 11 is 0. The molecule has 0 amide bonds. The molecule has 0 radical (unpaired) electrons. The normalized spacial score (nSPS) is 10.4. The fourth-order valence-corrected chi connectivity index (χ4v) is 2.13. The van der Waals surface area contributed by atoms with E-state index in [1.807, 2.05) is 59.4 Å². The average Bonchev–Trinajstić information content (AvgIpc) is 2.85. The summed E-state index contributed by atoms with van der Waals surface area (Å²) in [7, 11) is 0. The molecule has 0 unspecified atom stereocenters. The zero-order valence-electron chi connectivity index (χ0n) is 9.74. The number of nitrogens with zero attached hydrogens (tertiary/aromatic N) is 3. The Labute approximate surface area is 105 Å². The van der Waals surface area contributed by atoms with Crippen LogP contribution in [0.3, 0.4) is 0 Å². The van der Waals surface area contributed by atoms with Crippen molar-refractivity contribution in [2.45, 2.75) is 6.42 Å². The molecule has 3 aromatic rings. The minimum Gasteiger partial charge on any atom is -0.233 e. The molecule has 0 bridgehead atoms. The van der Waals surface area contributed by atoms with Crippen LogP contribution in [0.25, 0.3) is 16.6 Å². The maximum atomic E-state index is 8.83. The Bertz CT molecular complexity index is 720. The lowest BCUT2D eigenvalue weighted by atomic mass is 10.1. The number of aromatic nitrogens is 2. The SMILES string of the molecule is N#CCc1cccc2c1cnn2-c1ccccc1. The van der Waals surface area contributed by atoms with Crippen molar-refractivity contribution in [3.63, 3.8) is 0 Å². The van der Waals surface area contributed by atoms with Crippen molar-refractivity contribution in [1.82, 2.24) is 9.78 Å². The summed E-state index contributed by atoms with van der Waals surface area (Å²) < 4.78 is 1.90. The smallest absolute Gasteiger partial charge is 0.0744 e. The Morgan fingerprint density at radius 2 is 1.89 bits per heavy atom. The van der Waals surface area contributed by atoms with E-state index in [4.69, 9.17) is 5.26 Å². The Morgan fingerprint density at radius 3 is 2.67 bits per heavy atom. The number of hydrogen-bond donors (Lipinski definition) is 0. The van der Waals surface area contributed by atoms with E-state index < -0.39 is 0 Å². The van der Waals surface area contributed by atoms with E-state index in [2.05, 4.69) is 11.2 Å². The lowest BCUT2D eigenvalue weighted by Crippen LogP contribution is -1.95. The van der Waals surface area contributed by atoms with Gasteiger partial charge in [0.2, 0.25) is 0 Å². The lowest BCUT2D eigenvalue weighted by molar-refractivity contribution is 0.911. The first kappa shape index (κ1) is 10.5. The second kappa shape index (κ2) is 4.34. The zero-order chi connectivity index (χ0) is 12.4. The van der Waals surface area contributed by atoms with Crippen molar-refractivity contribution in [3.8, 4) is 11.8 Å². The highest BCUT2D eigenvalue weighted by molar-refractivity contribution is 5.84. The third-order valence-electron chi connectivity index (χ3n) is 2.97. The van der Waals surface area contributed by atoms with Crippen LogP contribution >= 0.6 is 0 Å². The van der Waals surface area contributed by atoms with Gasteiger partial charge in [0.1, 0.15) is 0 Å². The van der Waals surface area contributed by atoms with Gasteiger partial charge in [-0.1, -0.05) is 30.3 Å². The molecule has 1 heterocycles. The molecular weight excluding hydrogens is 222 g/mol. The molecule has 86 valence electrons. The summed E-state index contributed by atoms with van der Waals surface area (Å²) in [5.74, 6) is 0. The number of hydrogen-bond acceptors (Lipinski definition) is 2. The standard InChI is InChI=1S/C15H11N3/c16-10-9-12-5-4-8-15-14(12)11-17-18(15)13-6-2-1-3-7-13/h1-8,11H,9H2. The number of rotatable bonds is 2. The fraction of sp³-hybridized carbons (Fsp3) is 0.0667. The number of fused-ring (bicyclic) bond motifs is 1. The van der Waals surface area contributed by atoms with Gasteiger partial charge in [-0.25, -0.2) is 4.68 Å². The van der Waals surface area contributed by atoms with Gasteiger partial charge in [0.05, 0.1) is 29.9 Å². The fourth-order valence-electron chi connectivity index (χ4n) is 2.13. The van der Waals surface area contributed by atoms with Crippen LogP contribution in [-0.2, 0) is 6.42 Å². The van der Waals surface area contributed by atoms with E-state index >= 15 is 0 Å². The zero-order valence-corrected chi connectivity index (χ0v) is 9.74. The number of nitriles is 1. The van der Waals surface area contributed by atoms with Crippen molar-refractivity contribution in [2.75, 3.05) is 0 Å². The highest BCUT2D eigenvalue weighted by atomic mass is 15.3. The highest BCUT2D eigenvalue weighted by Gasteiger charge is 2.07. The van der Waals surface area contributed by atoms with Crippen LogP contribution < -0.4 is 0 Å². The molecular formula is C15H11N3. The van der Waals surface area contributed by atoms with Crippen LogP contribution in [0.2, 0.25) is 0 Å². The largest absolute Gasteiger partial charge is 0.233 e. The Morgan fingerprint density at radius 1 is 1.06 bits per heavy atom. The second-order valence-corrected chi connectivity index (χ2v) is 4.08. The highest BCUT2D eigenvalue weighted by Crippen LogP contribution is 2.21. The van der Waals surface area contributed by atoms with Gasteiger partial charge in [-0.15, -0.1) is 0 Å². The molecule has 0 spiro atoms. The van der Waals surface area contributed by atoms with E-state index in [-0.39, 0.29) is 0 Å². The Balaban J connectivity index is 2.22. The van der Waals surface area contributed by atoms with Crippen LogP contribution in [0.15, 0.2) is 54.7 Å². The maximum Gasteiger partial charge on any atom is 0.0744 e. The van der Waals surface area contributed by atoms with Crippen molar-refractivity contribution in [1.29, 1.82) is 5.26 Å². The van der Waals surface area contributed by atoms with E-state index in [9.17, 15) is 0 Å². The minimum atomic E-state index is 0.415. The summed E-state index contributed by atoms with van der Waals surface area (Å²) in [4.78, 5) is 0. The molecule has 0 fully saturated rings. The molecule has 2 aromatic carbocycles. The lowest BCUT2D eigenvalue weighted by Gasteiger charge is -2.03. The molecule has 18 heavy (non-hydrogen) atoms. The molecule has 3 rings (SSSR count). The van der Waals surface area contributed by atoms with Crippen molar-refractivity contribution >= 4 is 10.9 Å². The third kappa shape index (κ3) is 1.64. The van der Waals surface area contributed by atoms with E-state index in [0.29, 0.717) is 6.42 Å². The van der Waals surface area contributed by atoms with Crippen LogP contribution in [0.1, 0.15) is 5.56 Å². The number of benzene rings is 2. The van der Waals surface area contributed by atoms with Crippen molar-refractivity contribution in [3.05, 3.63) is 60.3 Å². The molecule has 0 atom stereocenters. The predicted octanol–water partition coefficient (Wildman–Crippen LogP) is 3.09. The number of para-hydroxylation sites is 1. The summed E-state index contributed by atoms with van der Waals surface area (Å²) in [5.41, 5.74) is 3.09. The van der Waals surface area contributed by atoms with E-state index in [1.165, 1.54) is 0 Å². The summed E-state index contributed by atoms with van der Waals surface area (Å²) in [6.45, 7) is 0. The first-order chi connectivity index (χ1) is 8.90. The predicted molar refractivity (Wildman–Crippen MR) is 70.4 cm³/mol. The molecule has 3 nitrogen and oxygen atoms in total. The summed E-state index contributed by atoms with van der Waals surface area (Å²) in [6.07, 6.45) is 2.24. The molecule has 0 aliphatic carbocycles. The van der Waals surface area contributed by atoms with Crippen LogP contribution in [-0.4, -0.2) is 9.78 Å². The van der Waals surface area contributed by atoms with Gasteiger partial charge in [0, 0.05) is 5.39 Å². The van der Waals surface area contributed by atoms with Crippen LogP contribution in [0.4, 0.5) is 0 Å². The molecule has 1 aromatic heterocycles. The van der Waals surface area contributed by atoms with Gasteiger partial charge in [-0.05, 0) is 23.8 Å². The first-order valence-corrected chi connectivity index (χ1v) is 5.78. The molecule has 0 N–H and O–H groups in total. The Hall–Kier alpha value is -2.60. The minimum absolute atomic E-state index is 0.415. The topological polar surface area (TPSA) is 41.6 Å². The molecule has 0 saturated heterocycles. The quantitative estimate of drug-likeness (QED) is 0.682. The molecule has 0 aliphatic heterocycles. The summed E-state index contributed by atoms with van der Waals surface area (Å²) in [5, 5.41) is 14.3. The molecule has 0 saturated carbocycles. The van der Waals surface area contributed by atoms with Crippen LogP contribution in [0, 0.1) is 11.3 Å². The van der Waals surface area contributed by atoms with Gasteiger partial charge in [0.15, 0.2) is 0 Å². The second-order valence-electron chi connectivity index (χ2n) is 4.08. The average molecular weight is 233 g/mol. The molecule has 3 heteroatoms. The van der Waals surface area contributed by atoms with Gasteiger partial charge >= 0.3 is 0 Å². The van der Waals surface area contributed by atoms with Gasteiger partial charge in [0.25, 0.3) is 0 Å². The maximum absolute atomic E-state index is 8.83. The van der Waals surface area contributed by atoms with Gasteiger partial charge in [-0.2, -0.15) is 10.4 Å². The Kier molecular flexibility index (Phi) is 2.54. The van der Waals surface area contributed by atoms with Crippen LogP contribution in [0.5, 0.6) is 0 Å². The monoisotopic (exact) mass is 233 g/mol.